The van der Waals surface area contributed by atoms with Crippen molar-refractivity contribution >= 4 is 97.6 Å². The van der Waals surface area contributed by atoms with E-state index in [9.17, 15) is 28.8 Å². The topological polar surface area (TPSA) is 274 Å². The number of aromatic nitrogens is 6. The summed E-state index contributed by atoms with van der Waals surface area (Å²) in [6, 6.07) is 31.7. The number of anilines is 5. The van der Waals surface area contributed by atoms with Crippen LogP contribution in [0.5, 0.6) is 0 Å². The Kier molecular flexibility index (Phi) is 28.9. The van der Waals surface area contributed by atoms with Gasteiger partial charge in [-0.2, -0.15) is 9.97 Å². The number of carbonyl (C=O) groups excluding carboxylic acids is 6. The minimum Gasteiger partial charge on any atom is -0.466 e. The Morgan fingerprint density at radius 1 is 0.534 bits per heavy atom. The van der Waals surface area contributed by atoms with Gasteiger partial charge in [-0.1, -0.05) is 26.0 Å². The molecule has 4 aromatic heterocycles. The average Bonchev–Trinajstić information content (AvgIpc) is 1.72. The number of amidine groups is 1. The molecule has 1 atom stereocenters. The van der Waals surface area contributed by atoms with Crippen LogP contribution in [0.1, 0.15) is 141 Å². The number of piperidine rings is 6. The van der Waals surface area contributed by atoms with Crippen molar-refractivity contribution in [1.29, 1.82) is 0 Å². The van der Waals surface area contributed by atoms with Crippen molar-refractivity contribution in [3.63, 3.8) is 0 Å². The number of nitrogens with zero attached hydrogens (tertiary/aromatic N) is 17. The summed E-state index contributed by atoms with van der Waals surface area (Å²) in [5.41, 5.74) is 12.3. The summed E-state index contributed by atoms with van der Waals surface area (Å²) >= 11 is 3.47. The van der Waals surface area contributed by atoms with Crippen molar-refractivity contribution < 1.29 is 38.2 Å². The summed E-state index contributed by atoms with van der Waals surface area (Å²) in [5, 5.41) is 20.7. The van der Waals surface area contributed by atoms with Gasteiger partial charge in [-0.05, 0) is 288 Å². The zero-order valence-corrected chi connectivity index (χ0v) is 72.0. The SMILES string of the molecule is CCOC(=O)C1CCN(c2cccn3nc(Nc4ccc(C(=O)N(C)C5CCN(C)CC5)cc4)nc23)CC1.CCOC(=O)C1CCNCC1.CN1CCC(N(C)C(=O)c2ccc(CC3=NC4C(N5CCC(C(=O)N6CC(C)(C)C6)CC5)=CC=CN4N3)cc2)CC1.CN1CCC(N(C)C(=O)c2ccc(Nc3nc4c(Br)cccn4n3)cc2)CC1. The number of amides is 4. The Bertz CT molecular complexity index is 4650. The lowest BCUT2D eigenvalue weighted by molar-refractivity contribution is -0.149. The summed E-state index contributed by atoms with van der Waals surface area (Å²) in [6.07, 6.45) is 21.8. The summed E-state index contributed by atoms with van der Waals surface area (Å²) in [6.45, 7) is 22.2. The molecule has 13 heterocycles. The van der Waals surface area contributed by atoms with E-state index in [4.69, 9.17) is 19.5 Å². The summed E-state index contributed by atoms with van der Waals surface area (Å²) in [4.78, 5) is 109. The third-order valence-electron chi connectivity index (χ3n) is 24.4. The fourth-order valence-electron chi connectivity index (χ4n) is 17.2. The number of pyridine rings is 2. The van der Waals surface area contributed by atoms with E-state index in [0.717, 1.165) is 218 Å². The first kappa shape index (κ1) is 85.9. The third kappa shape index (κ3) is 21.7. The molecule has 30 heteroatoms. The van der Waals surface area contributed by atoms with Crippen LogP contribution in [0.2, 0.25) is 0 Å². The summed E-state index contributed by atoms with van der Waals surface area (Å²) in [7, 11) is 12.1. The quantitative estimate of drug-likeness (QED) is 0.0548. The van der Waals surface area contributed by atoms with Crippen LogP contribution >= 0.6 is 15.9 Å². The molecule has 0 spiro atoms. The van der Waals surface area contributed by atoms with Crippen molar-refractivity contribution in [2.75, 3.05) is 163 Å². The number of aliphatic imine (C=N–C) groups is 1. The molecule has 0 aliphatic carbocycles. The first-order valence-electron chi connectivity index (χ1n) is 42.3. The van der Waals surface area contributed by atoms with E-state index in [0.29, 0.717) is 60.6 Å². The molecule has 3 aromatic carbocycles. The van der Waals surface area contributed by atoms with Gasteiger partial charge in [0.05, 0.1) is 40.9 Å². The molecule has 4 N–H and O–H groups in total. The van der Waals surface area contributed by atoms with Crippen LogP contribution in [0.25, 0.3) is 11.3 Å². The van der Waals surface area contributed by atoms with Gasteiger partial charge in [0.25, 0.3) is 17.7 Å². The second kappa shape index (κ2) is 39.7. The minimum atomic E-state index is -0.0968. The number of allylic oxidation sites excluding steroid dienone is 2. The molecule has 29 nitrogen and oxygen atoms in total. The highest BCUT2D eigenvalue weighted by molar-refractivity contribution is 9.10. The smallest absolute Gasteiger partial charge is 0.309 e. The van der Waals surface area contributed by atoms with Gasteiger partial charge in [0.1, 0.15) is 5.84 Å². The van der Waals surface area contributed by atoms with Crippen molar-refractivity contribution in [1.82, 2.24) is 84.1 Å². The second-order valence-electron chi connectivity index (χ2n) is 33.6. The Balaban J connectivity index is 0.000000146. The van der Waals surface area contributed by atoms with Crippen LogP contribution < -0.4 is 26.3 Å². The number of halogens is 1. The van der Waals surface area contributed by atoms with Crippen molar-refractivity contribution in [3.05, 3.63) is 160 Å². The van der Waals surface area contributed by atoms with Gasteiger partial charge >= 0.3 is 11.9 Å². The lowest BCUT2D eigenvalue weighted by Crippen LogP contribution is -2.57. The van der Waals surface area contributed by atoms with Crippen molar-refractivity contribution in [2.24, 2.45) is 28.2 Å². The number of hydrazine groups is 1. The number of benzene rings is 3. The second-order valence-corrected chi connectivity index (χ2v) is 34.5. The first-order chi connectivity index (χ1) is 56.9. The normalized spacial score (nSPS) is 19.8. The van der Waals surface area contributed by atoms with E-state index in [1.165, 1.54) is 5.70 Å². The van der Waals surface area contributed by atoms with E-state index in [2.05, 4.69) is 129 Å². The zero-order chi connectivity index (χ0) is 83.2. The molecule has 7 saturated heterocycles. The molecule has 16 rings (SSSR count). The van der Waals surface area contributed by atoms with Crippen LogP contribution in [0.15, 0.2) is 143 Å². The highest BCUT2D eigenvalue weighted by Crippen LogP contribution is 2.36. The molecular weight excluding hydrogens is 1560 g/mol. The van der Waals surface area contributed by atoms with Crippen LogP contribution in [-0.4, -0.2) is 286 Å². The Labute approximate surface area is 702 Å². The van der Waals surface area contributed by atoms with Crippen LogP contribution in [0.4, 0.5) is 29.0 Å². The summed E-state index contributed by atoms with van der Waals surface area (Å²) in [5.74, 6) is 2.59. The largest absolute Gasteiger partial charge is 0.466 e. The predicted octanol–water partition coefficient (Wildman–Crippen LogP) is 10.3. The highest BCUT2D eigenvalue weighted by Gasteiger charge is 2.42. The van der Waals surface area contributed by atoms with E-state index >= 15 is 0 Å². The van der Waals surface area contributed by atoms with E-state index in [1.54, 1.807) is 9.03 Å². The molecule has 9 aliphatic heterocycles. The van der Waals surface area contributed by atoms with Crippen molar-refractivity contribution in [3.8, 4) is 0 Å². The standard InChI is InChI=1S/C32H45N7O2.C28H37N7O3.C20H23BrN6O.C8H15NO2/c1-32(2)21-38(22-32)31(41)25-11-18-37(19-12-25)27-6-5-15-39-29(27)33-28(34-39)20-23-7-9-24(10-8-23)30(40)36(4)26-13-16-35(3)17-14-26;1-4-38-27(37)21-11-18-34(19-12-21)24-6-5-15-35-25(24)30-28(31-35)29-22-9-7-20(8-10-22)26(36)33(3)23-13-16-32(2)17-14-23;1-25-12-9-16(10-13-25)26(2)19(28)14-5-7-15(8-6-14)22-20-23-18-17(21)4-3-11-27(18)24-20;1-2-11-8(10)7-3-5-9-6-4-7/h5-10,15,25-26,29H,11-14,16-22H2,1-4H3,(H,33,34);5-10,15,21,23H,4,11-14,16-19H2,1-3H3,(H,29,31);3-8,11,16H,9-10,12-13H2,1-2H3,(H,22,24);7,9H,2-6H2,1H3. The van der Waals surface area contributed by atoms with Gasteiger partial charge in [-0.25, -0.2) is 14.0 Å². The molecule has 9 aliphatic rings. The summed E-state index contributed by atoms with van der Waals surface area (Å²) < 4.78 is 14.5. The minimum absolute atomic E-state index is 0.0194. The van der Waals surface area contributed by atoms with Crippen LogP contribution in [-0.2, 0) is 30.3 Å². The number of carbonyl (C=O) groups is 6. The van der Waals surface area contributed by atoms with Gasteiger partial charge < -0.3 is 69.5 Å². The van der Waals surface area contributed by atoms with Gasteiger partial charge in [0, 0.05) is 138 Å². The molecule has 118 heavy (non-hydrogen) atoms. The van der Waals surface area contributed by atoms with Gasteiger partial charge in [0.15, 0.2) is 17.5 Å². The molecule has 1 unspecified atom stereocenters. The molecule has 7 fully saturated rings. The van der Waals surface area contributed by atoms with E-state index < -0.39 is 0 Å². The molecule has 0 radical (unpaired) electrons. The number of nitrogens with one attached hydrogen (secondary N) is 4. The fourth-order valence-corrected chi connectivity index (χ4v) is 17.6. The Hall–Kier alpha value is -10.0. The molecule has 0 bridgehead atoms. The van der Waals surface area contributed by atoms with Crippen LogP contribution in [0, 0.1) is 23.2 Å². The van der Waals surface area contributed by atoms with E-state index in [-0.39, 0.29) is 65.0 Å². The van der Waals surface area contributed by atoms with Crippen molar-refractivity contribution in [2.45, 2.75) is 135 Å². The zero-order valence-electron chi connectivity index (χ0n) is 70.4. The lowest BCUT2D eigenvalue weighted by atomic mass is 9.82. The number of hydrogen-bond donors (Lipinski definition) is 4. The van der Waals surface area contributed by atoms with E-state index in [1.807, 2.05) is 170 Å². The number of likely N-dealkylation sites (tertiary alicyclic amines) is 5. The monoisotopic (exact) mass is 1680 g/mol. The number of ether oxygens (including phenoxy) is 2. The molecule has 632 valence electrons. The number of rotatable bonds is 19. The lowest BCUT2D eigenvalue weighted by Gasteiger charge is -2.48. The highest BCUT2D eigenvalue weighted by atomic mass is 79.9. The fraction of sp³-hybridized carbons (Fsp3) is 0.534. The predicted molar refractivity (Wildman–Crippen MR) is 463 cm³/mol. The maximum atomic E-state index is 13.1. The van der Waals surface area contributed by atoms with Gasteiger partial charge in [-0.15, -0.1) is 10.2 Å². The number of fused-ring (bicyclic) bond motifs is 3. The maximum absolute atomic E-state index is 13.1. The Morgan fingerprint density at radius 2 is 0.966 bits per heavy atom. The third-order valence-corrected chi connectivity index (χ3v) is 25.0. The maximum Gasteiger partial charge on any atom is 0.309 e. The number of hydrogen-bond acceptors (Lipinski definition) is 23. The number of esters is 2. The average molecular weight is 1680 g/mol. The molecule has 4 amide bonds. The first-order valence-corrected chi connectivity index (χ1v) is 43.1. The molecular formula is C88H120BrN21O8. The molecule has 0 saturated carbocycles. The van der Waals surface area contributed by atoms with Gasteiger partial charge in [-0.3, -0.25) is 39.2 Å². The van der Waals surface area contributed by atoms with Gasteiger partial charge in [0.2, 0.25) is 17.8 Å². The van der Waals surface area contributed by atoms with Crippen LogP contribution in [0.3, 0.4) is 0 Å². The molecule has 7 aromatic rings. The Morgan fingerprint density at radius 3 is 1.43 bits per heavy atom.